The van der Waals surface area contributed by atoms with Gasteiger partial charge in [0.1, 0.15) is 34.5 Å². The Kier molecular flexibility index (Phi) is 20.6. The molecule has 0 aliphatic carbocycles. The third-order valence-electron chi connectivity index (χ3n) is 27.9. The molecule has 21 aromatic rings. The molecule has 21 aromatic carbocycles. The van der Waals surface area contributed by atoms with Gasteiger partial charge in [-0.25, -0.2) is 0 Å². The van der Waals surface area contributed by atoms with Gasteiger partial charge in [0.05, 0.1) is 5.69 Å². The van der Waals surface area contributed by atoms with Gasteiger partial charge >= 0.3 is 0 Å². The van der Waals surface area contributed by atoms with Crippen molar-refractivity contribution in [1.82, 2.24) is 0 Å². The van der Waals surface area contributed by atoms with E-state index in [2.05, 4.69) is 526 Å². The second-order valence-corrected chi connectivity index (χ2v) is 36.2. The van der Waals surface area contributed by atoms with Gasteiger partial charge < -0.3 is 28.9 Å². The van der Waals surface area contributed by atoms with Crippen LogP contribution in [0, 0.1) is 13.8 Å². The number of para-hydroxylation sites is 6. The van der Waals surface area contributed by atoms with Gasteiger partial charge in [-0.15, -0.1) is 0 Å². The summed E-state index contributed by atoms with van der Waals surface area (Å²) < 4.78 is 20.7. The zero-order chi connectivity index (χ0) is 91.0. The highest BCUT2D eigenvalue weighted by Crippen LogP contribution is 2.49. The summed E-state index contributed by atoms with van der Waals surface area (Å²) in [6.07, 6.45) is 0. The van der Waals surface area contributed by atoms with Gasteiger partial charge in [-0.05, 0) is 292 Å². The van der Waals surface area contributed by atoms with E-state index in [-0.39, 0.29) is 20.1 Å². The number of hydrogen-bond acceptors (Lipinski definition) is 6. The molecule has 0 radical (unpaired) electrons. The van der Waals surface area contributed by atoms with Crippen molar-refractivity contribution in [3.05, 3.63) is 509 Å². The second-order valence-electron chi connectivity index (χ2n) is 36.2. The first-order valence-corrected chi connectivity index (χ1v) is 47.2. The second kappa shape index (κ2) is 34.6. The van der Waals surface area contributed by atoms with Crippen LogP contribution in [0.15, 0.2) is 497 Å². The molecule has 0 aromatic heterocycles. The smallest absolute Gasteiger partial charge is 0.252 e. The van der Waals surface area contributed by atoms with Crippen LogP contribution in [-0.4, -0.2) is 20.1 Å². The molecule has 6 nitrogen and oxygen atoms in total. The Labute approximate surface area is 800 Å². The number of benzene rings is 21. The topological polar surface area (TPSA) is 37.4 Å². The summed E-state index contributed by atoms with van der Waals surface area (Å²) in [6, 6.07) is 178. The first-order valence-electron chi connectivity index (χ1n) is 47.2. The molecule has 6 aliphatic heterocycles. The molecule has 0 saturated heterocycles. The summed E-state index contributed by atoms with van der Waals surface area (Å²) >= 11 is 0. The number of ether oxygens (including phenoxy) is 3. The third kappa shape index (κ3) is 14.9. The van der Waals surface area contributed by atoms with Crippen molar-refractivity contribution in [3.63, 3.8) is 0 Å². The molecule has 0 amide bonds. The van der Waals surface area contributed by atoms with Crippen LogP contribution in [0.1, 0.15) is 11.1 Å². The highest BCUT2D eigenvalue weighted by molar-refractivity contribution is 7.02. The van der Waals surface area contributed by atoms with E-state index in [1.54, 1.807) is 0 Å². The molecule has 6 heterocycles. The van der Waals surface area contributed by atoms with Crippen molar-refractivity contribution in [2.45, 2.75) is 13.8 Å². The molecule has 0 bridgehead atoms. The van der Waals surface area contributed by atoms with E-state index < -0.39 is 0 Å². The van der Waals surface area contributed by atoms with E-state index >= 15 is 0 Å². The van der Waals surface area contributed by atoms with E-state index in [1.807, 2.05) is 0 Å². The van der Waals surface area contributed by atoms with E-state index in [4.69, 9.17) is 14.2 Å². The van der Waals surface area contributed by atoms with Crippen LogP contribution in [-0.2, 0) is 0 Å². The predicted molar refractivity (Wildman–Crippen MR) is 575 cm³/mol. The number of nitrogens with zero attached hydrogens (tertiary/aromatic N) is 3. The summed E-state index contributed by atoms with van der Waals surface area (Å²) in [4.78, 5) is 6.96. The molecule has 6 aliphatic rings. The minimum atomic E-state index is 0.0560. The lowest BCUT2D eigenvalue weighted by Crippen LogP contribution is -2.52. The molecule has 137 heavy (non-hydrogen) atoms. The van der Waals surface area contributed by atoms with E-state index in [1.165, 1.54) is 149 Å². The van der Waals surface area contributed by atoms with Crippen molar-refractivity contribution in [3.8, 4) is 135 Å². The Bertz CT molecular complexity index is 8050. The van der Waals surface area contributed by atoms with E-state index in [0.29, 0.717) is 0 Å². The monoisotopic (exact) mass is 1750 g/mol. The van der Waals surface area contributed by atoms with Gasteiger partial charge in [0, 0.05) is 57.6 Å². The van der Waals surface area contributed by atoms with Crippen molar-refractivity contribution in [1.29, 1.82) is 0 Å². The number of rotatable bonds is 15. The lowest BCUT2D eigenvalue weighted by Gasteiger charge is -2.29. The van der Waals surface area contributed by atoms with Gasteiger partial charge in [0.15, 0.2) is 0 Å². The number of aryl methyl sites for hydroxylation is 2. The summed E-state index contributed by atoms with van der Waals surface area (Å²) in [5.41, 5.74) is 45.7. The van der Waals surface area contributed by atoms with Crippen LogP contribution in [0.25, 0.3) is 100 Å². The molecular formula is C128H88B3N3O3. The van der Waals surface area contributed by atoms with Crippen molar-refractivity contribution in [2.24, 2.45) is 0 Å². The average molecular weight is 1750 g/mol. The van der Waals surface area contributed by atoms with Crippen molar-refractivity contribution >= 4 is 120 Å². The molecule has 0 saturated carbocycles. The van der Waals surface area contributed by atoms with Gasteiger partial charge in [0.25, 0.3) is 20.1 Å². The molecule has 0 spiro atoms. The fourth-order valence-corrected chi connectivity index (χ4v) is 21.4. The van der Waals surface area contributed by atoms with E-state index in [9.17, 15) is 0 Å². The van der Waals surface area contributed by atoms with Crippen LogP contribution >= 0.6 is 0 Å². The number of anilines is 9. The first kappa shape index (κ1) is 81.6. The molecule has 9 heteroatoms. The van der Waals surface area contributed by atoms with Gasteiger partial charge in [-0.3, -0.25) is 0 Å². The number of hydrogen-bond donors (Lipinski definition) is 0. The Morgan fingerprint density at radius 1 is 0.146 bits per heavy atom. The average Bonchev–Trinajstić information content (AvgIpc) is 1.56. The summed E-state index contributed by atoms with van der Waals surface area (Å²) in [7, 11) is 0. The quantitative estimate of drug-likeness (QED) is 0.0953. The number of fused-ring (bicyclic) bond motifs is 15. The molecule has 0 atom stereocenters. The molecule has 27 rings (SSSR count). The maximum Gasteiger partial charge on any atom is 0.252 e. The molecule has 642 valence electrons. The zero-order valence-corrected chi connectivity index (χ0v) is 75.6. The Morgan fingerprint density at radius 3 is 0.701 bits per heavy atom. The SMILES string of the molecule is Cc1ccc(-c2ccc3c(c2)Oc2cc(-c4ccccc4)cc4c2B3c2ccc(-c3ccc(C)cc3)cc2-4)cc1.c1ccc(-c2cc3c4c(c2)-c2cc(N(c5ccccc5)c5ccccc5)ccc2B4c2ccc(N(c4ccccc4)c4ccccc4)cc2O3)cc1.c1ccc(-c2ccc3c(c2)Oc2cc(N(c4ccccc4)c4ccccc4)cc4c2B3c2ccc(-c3ccccc3)cc2-4)cc1. The van der Waals surface area contributed by atoms with Gasteiger partial charge in [-0.1, -0.05) is 367 Å². The van der Waals surface area contributed by atoms with E-state index in [0.717, 1.165) is 96.8 Å². The lowest BCUT2D eigenvalue weighted by atomic mass is 9.38. The van der Waals surface area contributed by atoms with Crippen LogP contribution in [0.4, 0.5) is 51.2 Å². The summed E-state index contributed by atoms with van der Waals surface area (Å²) in [6.45, 7) is 4.59. The fraction of sp³-hybridized carbons (Fsp3) is 0.0156. The standard InChI is InChI=1S/C48H33BN2O.C42H28BNO.C38H27BO/c1-6-16-34(17-7-1)35-30-43-42-32-40(50(36-18-8-2-9-19-36)37-20-10-3-11-21-37)26-28-44(42)49-45-29-27-41(33-46(45)52-47(31-35)48(43)49)51(38-22-12-4-13-23-38)39-24-14-5-15-25-39;1-5-13-29(14-6-1)31-21-23-38-36(25-31)37-27-35(44(33-17-9-3-10-18-33)34-19-11-4-12-20-34)28-41-42(37)43(38)39-24-22-32(26-40(39)45-41)30-15-7-2-8-16-30;1-24-8-12-27(13-9-24)29-16-18-34-32(20-29)33-21-31(26-6-4-3-5-7-26)23-37-38(33)39(34)35-19-17-30(22-36(35)40-37)28-14-10-25(2)11-15-28/h1-33H;1-28H;3-23H,1-2H3. The highest BCUT2D eigenvalue weighted by atomic mass is 16.5. The zero-order valence-electron chi connectivity index (χ0n) is 75.6. The minimum Gasteiger partial charge on any atom is -0.458 e. The molecule has 0 unspecified atom stereocenters. The first-order chi connectivity index (χ1) is 67.7. The van der Waals surface area contributed by atoms with Crippen molar-refractivity contribution < 1.29 is 14.2 Å². The Balaban J connectivity index is 0.000000110. The normalized spacial score (nSPS) is 12.1. The van der Waals surface area contributed by atoms with Crippen LogP contribution in [0.3, 0.4) is 0 Å². The summed E-state index contributed by atoms with van der Waals surface area (Å²) in [5.74, 6) is 5.54. The molecule has 0 fully saturated rings. The predicted octanol–water partition coefficient (Wildman–Crippen LogP) is 27.9. The molecular weight excluding hydrogens is 1660 g/mol. The minimum absolute atomic E-state index is 0.0560. The fourth-order valence-electron chi connectivity index (χ4n) is 21.4. The van der Waals surface area contributed by atoms with Gasteiger partial charge in [-0.2, -0.15) is 0 Å². The van der Waals surface area contributed by atoms with Gasteiger partial charge in [0.2, 0.25) is 0 Å². The van der Waals surface area contributed by atoms with Crippen LogP contribution in [0.2, 0.25) is 0 Å². The maximum atomic E-state index is 7.00. The van der Waals surface area contributed by atoms with Crippen LogP contribution in [0.5, 0.6) is 34.5 Å². The van der Waals surface area contributed by atoms with Crippen molar-refractivity contribution in [2.75, 3.05) is 14.7 Å². The molecule has 0 N–H and O–H groups in total. The van der Waals surface area contributed by atoms with Crippen LogP contribution < -0.4 is 78.1 Å². The lowest BCUT2D eigenvalue weighted by molar-refractivity contribution is 0.488. The Morgan fingerprint density at radius 2 is 0.358 bits per heavy atom. The Hall–Kier alpha value is -17.4. The largest absolute Gasteiger partial charge is 0.458 e. The highest BCUT2D eigenvalue weighted by Gasteiger charge is 2.46. The maximum absolute atomic E-state index is 7.00. The summed E-state index contributed by atoms with van der Waals surface area (Å²) in [5, 5.41) is 0. The third-order valence-corrected chi connectivity index (χ3v) is 27.9.